The fourth-order valence-electron chi connectivity index (χ4n) is 1.38. The first-order valence-corrected chi connectivity index (χ1v) is 5.27. The van der Waals surface area contributed by atoms with Gasteiger partial charge in [-0.15, -0.1) is 0 Å². The molecule has 0 saturated carbocycles. The highest BCUT2D eigenvalue weighted by Crippen LogP contribution is 2.22. The molecule has 2 nitrogen and oxygen atoms in total. The van der Waals surface area contributed by atoms with Gasteiger partial charge in [-0.2, -0.15) is 0 Å². The number of aliphatic hydroxyl groups is 1. The summed E-state index contributed by atoms with van der Waals surface area (Å²) in [4.78, 5) is 0. The molecular weight excluding hydrogens is 162 g/mol. The predicted octanol–water partition coefficient (Wildman–Crippen LogP) is 2.17. The third-order valence-corrected chi connectivity index (χ3v) is 2.36. The van der Waals surface area contributed by atoms with E-state index in [-0.39, 0.29) is 0 Å². The largest absolute Gasteiger partial charge is 0.396 e. The first-order chi connectivity index (χ1) is 5.99. The van der Waals surface area contributed by atoms with Crippen LogP contribution in [0.4, 0.5) is 0 Å². The minimum absolute atomic E-state index is 0.313. The lowest BCUT2D eigenvalue weighted by Crippen LogP contribution is -2.26. The Morgan fingerprint density at radius 1 is 1.23 bits per heavy atom. The Hall–Kier alpha value is -0.0800. The second-order valence-electron chi connectivity index (χ2n) is 4.95. The van der Waals surface area contributed by atoms with Crippen LogP contribution in [0.25, 0.3) is 0 Å². The van der Waals surface area contributed by atoms with E-state index in [2.05, 4.69) is 26.1 Å². The zero-order chi connectivity index (χ0) is 10.3. The molecule has 1 atom stereocenters. The van der Waals surface area contributed by atoms with Gasteiger partial charge in [-0.1, -0.05) is 20.8 Å². The Kier molecular flexibility index (Phi) is 6.35. The highest BCUT2D eigenvalue weighted by molar-refractivity contribution is 4.69. The summed E-state index contributed by atoms with van der Waals surface area (Å²) in [6.07, 6.45) is 4.45. The third kappa shape index (κ3) is 8.26. The number of nitrogens with one attached hydrogen (secondary N) is 1. The van der Waals surface area contributed by atoms with Crippen LogP contribution in [-0.4, -0.2) is 24.8 Å². The van der Waals surface area contributed by atoms with Crippen molar-refractivity contribution in [1.82, 2.24) is 5.32 Å². The second-order valence-corrected chi connectivity index (χ2v) is 4.95. The Bertz CT molecular complexity index is 118. The maximum atomic E-state index is 8.71. The van der Waals surface area contributed by atoms with Gasteiger partial charge in [0.2, 0.25) is 0 Å². The van der Waals surface area contributed by atoms with E-state index in [4.69, 9.17) is 5.11 Å². The van der Waals surface area contributed by atoms with Crippen molar-refractivity contribution < 1.29 is 5.11 Å². The maximum Gasteiger partial charge on any atom is 0.0431 e. The summed E-state index contributed by atoms with van der Waals surface area (Å²) >= 11 is 0. The van der Waals surface area contributed by atoms with Gasteiger partial charge < -0.3 is 10.4 Å². The predicted molar refractivity (Wildman–Crippen MR) is 57.9 cm³/mol. The van der Waals surface area contributed by atoms with Gasteiger partial charge in [-0.3, -0.25) is 0 Å². The van der Waals surface area contributed by atoms with Gasteiger partial charge in [-0.05, 0) is 38.1 Å². The Labute approximate surface area is 82.7 Å². The second kappa shape index (κ2) is 6.39. The van der Waals surface area contributed by atoms with Crippen LogP contribution < -0.4 is 5.32 Å². The normalized spacial score (nSPS) is 14.5. The van der Waals surface area contributed by atoms with Crippen molar-refractivity contribution in [3.05, 3.63) is 0 Å². The van der Waals surface area contributed by atoms with E-state index in [1.807, 2.05) is 7.05 Å². The average molecular weight is 187 g/mol. The van der Waals surface area contributed by atoms with E-state index in [1.54, 1.807) is 0 Å². The quantitative estimate of drug-likeness (QED) is 0.668. The fraction of sp³-hybridized carbons (Fsp3) is 1.00. The van der Waals surface area contributed by atoms with Crippen molar-refractivity contribution >= 4 is 0 Å². The lowest BCUT2D eigenvalue weighted by atomic mass is 9.88. The zero-order valence-electron chi connectivity index (χ0n) is 9.56. The van der Waals surface area contributed by atoms with E-state index in [9.17, 15) is 0 Å². The fourth-order valence-corrected chi connectivity index (χ4v) is 1.38. The standard InChI is InChI=1S/C11H25NO/c1-11(2,3)8-7-10(12-4)6-5-9-13/h10,12-13H,5-9H2,1-4H3. The van der Waals surface area contributed by atoms with Crippen molar-refractivity contribution in [3.8, 4) is 0 Å². The molecule has 0 aliphatic heterocycles. The molecular formula is C11H25NO. The van der Waals surface area contributed by atoms with Gasteiger partial charge >= 0.3 is 0 Å². The molecule has 0 rings (SSSR count). The number of rotatable bonds is 6. The van der Waals surface area contributed by atoms with E-state index in [0.29, 0.717) is 18.1 Å². The van der Waals surface area contributed by atoms with Crippen molar-refractivity contribution in [3.63, 3.8) is 0 Å². The Morgan fingerprint density at radius 3 is 2.23 bits per heavy atom. The summed E-state index contributed by atoms with van der Waals surface area (Å²) < 4.78 is 0. The molecule has 0 aliphatic rings. The number of aliphatic hydroxyl groups excluding tert-OH is 1. The molecule has 0 bridgehead atoms. The van der Waals surface area contributed by atoms with Crippen LogP contribution in [0.3, 0.4) is 0 Å². The van der Waals surface area contributed by atoms with Crippen LogP contribution in [0.2, 0.25) is 0 Å². The summed E-state index contributed by atoms with van der Waals surface area (Å²) in [6, 6.07) is 0.575. The van der Waals surface area contributed by atoms with Gasteiger partial charge in [0.15, 0.2) is 0 Å². The summed E-state index contributed by atoms with van der Waals surface area (Å²) in [5.74, 6) is 0. The van der Waals surface area contributed by atoms with Gasteiger partial charge in [0.25, 0.3) is 0 Å². The minimum Gasteiger partial charge on any atom is -0.396 e. The van der Waals surface area contributed by atoms with Crippen LogP contribution >= 0.6 is 0 Å². The molecule has 13 heavy (non-hydrogen) atoms. The molecule has 0 aromatic rings. The van der Waals surface area contributed by atoms with E-state index in [0.717, 1.165) is 12.8 Å². The lowest BCUT2D eigenvalue weighted by Gasteiger charge is -2.22. The van der Waals surface area contributed by atoms with Gasteiger partial charge in [-0.25, -0.2) is 0 Å². The molecule has 80 valence electrons. The molecule has 0 aromatic carbocycles. The molecule has 0 radical (unpaired) electrons. The first-order valence-electron chi connectivity index (χ1n) is 5.27. The van der Waals surface area contributed by atoms with Crippen molar-refractivity contribution in [2.24, 2.45) is 5.41 Å². The molecule has 2 N–H and O–H groups in total. The van der Waals surface area contributed by atoms with Crippen LogP contribution in [0, 0.1) is 5.41 Å². The summed E-state index contributed by atoms with van der Waals surface area (Å²) in [5, 5.41) is 12.0. The SMILES string of the molecule is CNC(CCCO)CCC(C)(C)C. The topological polar surface area (TPSA) is 32.3 Å². The highest BCUT2D eigenvalue weighted by Gasteiger charge is 2.13. The van der Waals surface area contributed by atoms with E-state index >= 15 is 0 Å². The highest BCUT2D eigenvalue weighted by atomic mass is 16.2. The Morgan fingerprint density at radius 2 is 1.85 bits per heavy atom. The summed E-state index contributed by atoms with van der Waals surface area (Å²) in [5.41, 5.74) is 0.425. The zero-order valence-corrected chi connectivity index (χ0v) is 9.56. The molecule has 0 amide bonds. The Balaban J connectivity index is 3.59. The maximum absolute atomic E-state index is 8.71. The molecule has 0 fully saturated rings. The molecule has 1 unspecified atom stereocenters. The molecule has 0 aliphatic carbocycles. The molecule has 0 spiro atoms. The van der Waals surface area contributed by atoms with Crippen LogP contribution in [0.5, 0.6) is 0 Å². The monoisotopic (exact) mass is 187 g/mol. The number of hydrogen-bond donors (Lipinski definition) is 2. The van der Waals surface area contributed by atoms with Gasteiger partial charge in [0.05, 0.1) is 0 Å². The van der Waals surface area contributed by atoms with Crippen LogP contribution in [0.15, 0.2) is 0 Å². The molecule has 0 heterocycles. The van der Waals surface area contributed by atoms with Crippen molar-refractivity contribution in [2.75, 3.05) is 13.7 Å². The van der Waals surface area contributed by atoms with E-state index in [1.165, 1.54) is 12.8 Å². The third-order valence-electron chi connectivity index (χ3n) is 2.36. The average Bonchev–Trinajstić information content (AvgIpc) is 2.03. The first kappa shape index (κ1) is 12.9. The molecule has 0 aromatic heterocycles. The smallest absolute Gasteiger partial charge is 0.0431 e. The van der Waals surface area contributed by atoms with Gasteiger partial charge in [0, 0.05) is 12.6 Å². The minimum atomic E-state index is 0.313. The summed E-state index contributed by atoms with van der Waals surface area (Å²) in [6.45, 7) is 7.12. The van der Waals surface area contributed by atoms with Crippen molar-refractivity contribution in [2.45, 2.75) is 52.5 Å². The molecule has 2 heteroatoms. The van der Waals surface area contributed by atoms with Crippen LogP contribution in [0.1, 0.15) is 46.5 Å². The van der Waals surface area contributed by atoms with E-state index < -0.39 is 0 Å². The van der Waals surface area contributed by atoms with Crippen LogP contribution in [-0.2, 0) is 0 Å². The van der Waals surface area contributed by atoms with Crippen molar-refractivity contribution in [1.29, 1.82) is 0 Å². The molecule has 0 saturated heterocycles. The van der Waals surface area contributed by atoms with Gasteiger partial charge in [0.1, 0.15) is 0 Å². The summed E-state index contributed by atoms with van der Waals surface area (Å²) in [7, 11) is 2.00. The lowest BCUT2D eigenvalue weighted by molar-refractivity contribution is 0.266. The number of hydrogen-bond acceptors (Lipinski definition) is 2.